The highest BCUT2D eigenvalue weighted by molar-refractivity contribution is 7.17. The van der Waals surface area contributed by atoms with Gasteiger partial charge < -0.3 is 10.2 Å². The molecule has 1 aromatic carbocycles. The van der Waals surface area contributed by atoms with Crippen LogP contribution >= 0.6 is 22.7 Å². The number of thiazole rings is 1. The Labute approximate surface area is 173 Å². The van der Waals surface area contributed by atoms with Crippen LogP contribution in [0.15, 0.2) is 35.7 Å². The molecule has 1 N–H and O–H groups in total. The Morgan fingerprint density at radius 3 is 2.50 bits per heavy atom. The summed E-state index contributed by atoms with van der Waals surface area (Å²) in [5, 5.41) is 7.91. The van der Waals surface area contributed by atoms with Crippen molar-refractivity contribution in [3.8, 4) is 11.1 Å². The number of aromatic nitrogens is 3. The van der Waals surface area contributed by atoms with Gasteiger partial charge in [-0.05, 0) is 33.5 Å². The van der Waals surface area contributed by atoms with E-state index in [1.165, 1.54) is 16.0 Å². The highest BCUT2D eigenvalue weighted by Crippen LogP contribution is 2.37. The maximum atomic E-state index is 4.87. The van der Waals surface area contributed by atoms with Crippen molar-refractivity contribution in [1.82, 2.24) is 19.9 Å². The molecule has 5 nitrogen and oxygen atoms in total. The first-order chi connectivity index (χ1) is 13.5. The number of hydrogen-bond donors (Lipinski definition) is 1. The number of anilines is 1. The molecule has 28 heavy (non-hydrogen) atoms. The van der Waals surface area contributed by atoms with Gasteiger partial charge in [-0.15, -0.1) is 22.7 Å². The van der Waals surface area contributed by atoms with E-state index in [-0.39, 0.29) is 0 Å². The lowest BCUT2D eigenvalue weighted by Gasteiger charge is -2.12. The summed E-state index contributed by atoms with van der Waals surface area (Å²) in [6.07, 6.45) is 0. The summed E-state index contributed by atoms with van der Waals surface area (Å²) in [5.74, 6) is 1.71. The first-order valence-corrected chi connectivity index (χ1v) is 10.9. The normalized spacial score (nSPS) is 11.5. The predicted octanol–water partition coefficient (Wildman–Crippen LogP) is 5.11. The van der Waals surface area contributed by atoms with Crippen LogP contribution in [0, 0.1) is 13.8 Å². The fraction of sp³-hybridized carbons (Fsp3) is 0.286. The summed E-state index contributed by atoms with van der Waals surface area (Å²) in [4.78, 5) is 18.7. The molecule has 7 heteroatoms. The quantitative estimate of drug-likeness (QED) is 0.480. The molecular weight excluding hydrogens is 386 g/mol. The summed E-state index contributed by atoms with van der Waals surface area (Å²) in [7, 11) is 4.07. The molecule has 0 saturated carbocycles. The summed E-state index contributed by atoms with van der Waals surface area (Å²) in [6.45, 7) is 5.53. The van der Waals surface area contributed by atoms with Gasteiger partial charge in [0.25, 0.3) is 0 Å². The summed E-state index contributed by atoms with van der Waals surface area (Å²) >= 11 is 3.40. The second-order valence-electron chi connectivity index (χ2n) is 7.01. The van der Waals surface area contributed by atoms with Gasteiger partial charge in [0.15, 0.2) is 0 Å². The van der Waals surface area contributed by atoms with Crippen molar-refractivity contribution >= 4 is 38.7 Å². The van der Waals surface area contributed by atoms with Gasteiger partial charge in [-0.25, -0.2) is 15.0 Å². The van der Waals surface area contributed by atoms with Gasteiger partial charge in [0.05, 0.1) is 29.2 Å². The molecule has 144 valence electrons. The Kier molecular flexibility index (Phi) is 5.39. The van der Waals surface area contributed by atoms with Gasteiger partial charge in [-0.1, -0.05) is 30.3 Å². The lowest BCUT2D eigenvalue weighted by molar-refractivity contribution is 0.391. The van der Waals surface area contributed by atoms with Gasteiger partial charge in [0.1, 0.15) is 16.5 Å². The Balaban J connectivity index is 1.78. The monoisotopic (exact) mass is 409 g/mol. The number of nitrogens with one attached hydrogen (secondary N) is 1. The summed E-state index contributed by atoms with van der Waals surface area (Å²) in [6, 6.07) is 10.4. The minimum Gasteiger partial charge on any atom is -0.364 e. The molecule has 0 radical (unpaired) electrons. The molecular formula is C21H23N5S2. The number of rotatable bonds is 6. The summed E-state index contributed by atoms with van der Waals surface area (Å²) in [5.41, 5.74) is 3.44. The van der Waals surface area contributed by atoms with Crippen LogP contribution in [0.3, 0.4) is 0 Å². The van der Waals surface area contributed by atoms with Crippen molar-refractivity contribution in [1.29, 1.82) is 0 Å². The maximum Gasteiger partial charge on any atom is 0.146 e. The van der Waals surface area contributed by atoms with Crippen molar-refractivity contribution in [2.45, 2.75) is 26.9 Å². The number of nitrogens with zero attached hydrogens (tertiary/aromatic N) is 4. The Hall–Kier alpha value is -2.35. The van der Waals surface area contributed by atoms with Crippen LogP contribution in [0.4, 0.5) is 5.82 Å². The minimum absolute atomic E-state index is 0.660. The molecule has 4 aromatic rings. The zero-order valence-electron chi connectivity index (χ0n) is 16.5. The standard InChI is InChI=1S/C21H23N5S2/c1-13-17(23-14(2)28-13)10-22-20-19-16(15-8-6-5-7-9-15)12-27-21(19)25-18(24-20)11-26(3)4/h5-9,12H,10-11H2,1-4H3,(H,22,24,25). The number of aryl methyl sites for hydroxylation is 2. The molecule has 0 unspecified atom stereocenters. The van der Waals surface area contributed by atoms with E-state index in [2.05, 4.69) is 51.8 Å². The third kappa shape index (κ3) is 3.92. The molecule has 0 bridgehead atoms. The lowest BCUT2D eigenvalue weighted by Crippen LogP contribution is -2.14. The molecule has 0 atom stereocenters. The fourth-order valence-electron chi connectivity index (χ4n) is 3.20. The second-order valence-corrected chi connectivity index (χ2v) is 9.28. The predicted molar refractivity (Wildman–Crippen MR) is 119 cm³/mol. The summed E-state index contributed by atoms with van der Waals surface area (Å²) < 4.78 is 0. The molecule has 0 aliphatic heterocycles. The molecule has 0 aliphatic carbocycles. The number of fused-ring (bicyclic) bond motifs is 1. The minimum atomic E-state index is 0.660. The van der Waals surface area contributed by atoms with E-state index in [1.807, 2.05) is 27.1 Å². The van der Waals surface area contributed by atoms with Crippen LogP contribution in [-0.2, 0) is 13.1 Å². The van der Waals surface area contributed by atoms with E-state index < -0.39 is 0 Å². The van der Waals surface area contributed by atoms with E-state index >= 15 is 0 Å². The molecule has 3 heterocycles. The molecule has 0 fully saturated rings. The van der Waals surface area contributed by atoms with Crippen LogP contribution in [0.25, 0.3) is 21.3 Å². The third-order valence-electron chi connectivity index (χ3n) is 4.45. The van der Waals surface area contributed by atoms with Crippen LogP contribution in [0.1, 0.15) is 21.4 Å². The molecule has 0 spiro atoms. The molecule has 4 rings (SSSR count). The van der Waals surface area contributed by atoms with Crippen LogP contribution in [0.5, 0.6) is 0 Å². The Morgan fingerprint density at radius 1 is 1.04 bits per heavy atom. The number of benzene rings is 1. The van der Waals surface area contributed by atoms with E-state index in [0.29, 0.717) is 13.1 Å². The van der Waals surface area contributed by atoms with Gasteiger partial charge >= 0.3 is 0 Å². The van der Waals surface area contributed by atoms with E-state index in [0.717, 1.165) is 32.6 Å². The van der Waals surface area contributed by atoms with Crippen LogP contribution in [0.2, 0.25) is 0 Å². The SMILES string of the molecule is Cc1nc(CNc2nc(CN(C)C)nc3scc(-c4ccccc4)c23)c(C)s1. The van der Waals surface area contributed by atoms with Crippen molar-refractivity contribution < 1.29 is 0 Å². The van der Waals surface area contributed by atoms with Gasteiger partial charge in [-0.2, -0.15) is 0 Å². The fourth-order valence-corrected chi connectivity index (χ4v) is 5.00. The Bertz CT molecular complexity index is 1100. The zero-order chi connectivity index (χ0) is 19.7. The molecule has 0 aliphatic rings. The molecule has 3 aromatic heterocycles. The number of thiophene rings is 1. The van der Waals surface area contributed by atoms with E-state index in [4.69, 9.17) is 9.97 Å². The van der Waals surface area contributed by atoms with Crippen molar-refractivity contribution in [3.05, 3.63) is 57.1 Å². The smallest absolute Gasteiger partial charge is 0.146 e. The van der Waals surface area contributed by atoms with Gasteiger partial charge in [0.2, 0.25) is 0 Å². The highest BCUT2D eigenvalue weighted by atomic mass is 32.1. The lowest BCUT2D eigenvalue weighted by atomic mass is 10.1. The van der Waals surface area contributed by atoms with Crippen molar-refractivity contribution in [2.24, 2.45) is 0 Å². The topological polar surface area (TPSA) is 53.9 Å². The van der Waals surface area contributed by atoms with Crippen LogP contribution < -0.4 is 5.32 Å². The first kappa shape index (κ1) is 19.0. The largest absolute Gasteiger partial charge is 0.364 e. The second kappa shape index (κ2) is 7.95. The maximum absolute atomic E-state index is 4.87. The van der Waals surface area contributed by atoms with Gasteiger partial charge in [0, 0.05) is 15.8 Å². The van der Waals surface area contributed by atoms with Crippen LogP contribution in [-0.4, -0.2) is 33.9 Å². The van der Waals surface area contributed by atoms with E-state index in [1.54, 1.807) is 22.7 Å². The molecule has 0 amide bonds. The first-order valence-electron chi connectivity index (χ1n) is 9.16. The zero-order valence-corrected chi connectivity index (χ0v) is 18.1. The average Bonchev–Trinajstić information content (AvgIpc) is 3.22. The third-order valence-corrected chi connectivity index (χ3v) is 6.25. The molecule has 0 saturated heterocycles. The highest BCUT2D eigenvalue weighted by Gasteiger charge is 2.16. The number of hydrogen-bond acceptors (Lipinski definition) is 7. The average molecular weight is 410 g/mol. The Morgan fingerprint density at radius 2 is 1.82 bits per heavy atom. The van der Waals surface area contributed by atoms with E-state index in [9.17, 15) is 0 Å². The van der Waals surface area contributed by atoms with Crippen molar-refractivity contribution in [2.75, 3.05) is 19.4 Å². The van der Waals surface area contributed by atoms with Gasteiger partial charge in [-0.3, -0.25) is 0 Å². The van der Waals surface area contributed by atoms with Crippen molar-refractivity contribution in [3.63, 3.8) is 0 Å².